The minimum Gasteiger partial charge on any atom is -0.492 e. The lowest BCUT2D eigenvalue weighted by molar-refractivity contribution is 0.119. The first-order chi connectivity index (χ1) is 11.8. The summed E-state index contributed by atoms with van der Waals surface area (Å²) >= 11 is 0. The van der Waals surface area contributed by atoms with Gasteiger partial charge >= 0.3 is 6.09 Å². The fourth-order valence-corrected chi connectivity index (χ4v) is 3.23. The second-order valence-corrected chi connectivity index (χ2v) is 7.08. The molecule has 0 unspecified atom stereocenters. The molecule has 1 aromatic rings. The summed E-state index contributed by atoms with van der Waals surface area (Å²) < 4.78 is 30.0. The molecule has 0 aromatic heterocycles. The molecule has 10 heteroatoms. The fraction of sp³-hybridized carbons (Fsp3) is 0.467. The highest BCUT2D eigenvalue weighted by molar-refractivity contribution is 7.90. The Morgan fingerprint density at radius 3 is 2.68 bits per heavy atom. The average molecular weight is 368 g/mol. The van der Waals surface area contributed by atoms with Gasteiger partial charge in [-0.1, -0.05) is 6.07 Å². The standard InChI is InChI=1S/C15H20N4O5S/c16-10-12-13(18-25(17,22)23)2-1-3-14(12)24-9-6-11-4-7-19(8-5-11)15(20)21/h1-3,11,18H,4-9H2,(H,20,21)(H2,17,22,23). The van der Waals surface area contributed by atoms with Crippen LogP contribution in [0.15, 0.2) is 18.2 Å². The molecular formula is C15H20N4O5S. The van der Waals surface area contributed by atoms with E-state index in [1.165, 1.54) is 11.0 Å². The highest BCUT2D eigenvalue weighted by Crippen LogP contribution is 2.27. The molecular weight excluding hydrogens is 348 g/mol. The largest absolute Gasteiger partial charge is 0.492 e. The number of nitriles is 1. The number of benzene rings is 1. The minimum atomic E-state index is -3.99. The molecule has 1 amide bonds. The van der Waals surface area contributed by atoms with Gasteiger partial charge in [0, 0.05) is 13.1 Å². The van der Waals surface area contributed by atoms with Crippen LogP contribution in [0.25, 0.3) is 0 Å². The topological polar surface area (TPSA) is 146 Å². The van der Waals surface area contributed by atoms with E-state index in [9.17, 15) is 18.5 Å². The summed E-state index contributed by atoms with van der Waals surface area (Å²) in [5.41, 5.74) is 0.134. The molecule has 1 fully saturated rings. The van der Waals surface area contributed by atoms with Gasteiger partial charge in [-0.2, -0.15) is 13.7 Å². The van der Waals surface area contributed by atoms with Crippen molar-refractivity contribution in [2.45, 2.75) is 19.3 Å². The Morgan fingerprint density at radius 2 is 2.12 bits per heavy atom. The zero-order valence-corrected chi connectivity index (χ0v) is 14.3. The molecule has 1 aliphatic rings. The van der Waals surface area contributed by atoms with Gasteiger partial charge in [-0.15, -0.1) is 0 Å². The Balaban J connectivity index is 1.92. The Morgan fingerprint density at radius 1 is 1.44 bits per heavy atom. The lowest BCUT2D eigenvalue weighted by atomic mass is 9.94. The number of ether oxygens (including phenoxy) is 1. The molecule has 0 spiro atoms. The summed E-state index contributed by atoms with van der Waals surface area (Å²) in [6.45, 7) is 1.37. The highest BCUT2D eigenvalue weighted by atomic mass is 32.2. The van der Waals surface area contributed by atoms with E-state index in [1.54, 1.807) is 12.1 Å². The van der Waals surface area contributed by atoms with Gasteiger partial charge in [0.25, 0.3) is 10.2 Å². The van der Waals surface area contributed by atoms with Gasteiger partial charge in [-0.25, -0.2) is 9.93 Å². The smallest absolute Gasteiger partial charge is 0.407 e. The molecule has 2 rings (SSSR count). The molecule has 0 atom stereocenters. The predicted octanol–water partition coefficient (Wildman–Crippen LogP) is 1.33. The molecule has 0 radical (unpaired) electrons. The van der Waals surface area contributed by atoms with E-state index >= 15 is 0 Å². The van der Waals surface area contributed by atoms with Crippen LogP contribution in [0.4, 0.5) is 10.5 Å². The molecule has 25 heavy (non-hydrogen) atoms. The second-order valence-electron chi connectivity index (χ2n) is 5.79. The number of carboxylic acid groups (broad SMARTS) is 1. The van der Waals surface area contributed by atoms with Gasteiger partial charge in [-0.3, -0.25) is 4.72 Å². The van der Waals surface area contributed by atoms with Crippen molar-refractivity contribution in [3.8, 4) is 11.8 Å². The molecule has 1 aromatic carbocycles. The maximum atomic E-state index is 11.1. The highest BCUT2D eigenvalue weighted by Gasteiger charge is 2.22. The monoisotopic (exact) mass is 368 g/mol. The quantitative estimate of drug-likeness (QED) is 0.690. The molecule has 0 saturated carbocycles. The Labute approximate surface area is 146 Å². The third kappa shape index (κ3) is 5.51. The number of hydrogen-bond acceptors (Lipinski definition) is 5. The van der Waals surface area contributed by atoms with E-state index in [0.717, 1.165) is 19.3 Å². The van der Waals surface area contributed by atoms with Crippen molar-refractivity contribution in [3.05, 3.63) is 23.8 Å². The summed E-state index contributed by atoms with van der Waals surface area (Å²) in [7, 11) is -3.99. The van der Waals surface area contributed by atoms with Crippen molar-refractivity contribution in [2.24, 2.45) is 11.1 Å². The first-order valence-electron chi connectivity index (χ1n) is 7.74. The van der Waals surface area contributed by atoms with Crippen molar-refractivity contribution >= 4 is 22.0 Å². The van der Waals surface area contributed by atoms with Crippen LogP contribution >= 0.6 is 0 Å². The van der Waals surface area contributed by atoms with E-state index in [2.05, 4.69) is 4.72 Å². The van der Waals surface area contributed by atoms with Crippen molar-refractivity contribution in [1.29, 1.82) is 5.26 Å². The van der Waals surface area contributed by atoms with Crippen molar-refractivity contribution in [2.75, 3.05) is 24.4 Å². The number of nitrogens with two attached hydrogens (primary N) is 1. The summed E-state index contributed by atoms with van der Waals surface area (Å²) in [4.78, 5) is 12.3. The third-order valence-corrected chi connectivity index (χ3v) is 4.56. The number of carbonyl (C=O) groups is 1. The number of hydrogen-bond donors (Lipinski definition) is 3. The van der Waals surface area contributed by atoms with E-state index in [1.807, 2.05) is 6.07 Å². The average Bonchev–Trinajstić information content (AvgIpc) is 2.54. The number of likely N-dealkylation sites (tertiary alicyclic amines) is 1. The van der Waals surface area contributed by atoms with Crippen LogP contribution < -0.4 is 14.6 Å². The maximum Gasteiger partial charge on any atom is 0.407 e. The molecule has 0 aliphatic carbocycles. The Kier molecular flexibility index (Phi) is 6.06. The summed E-state index contributed by atoms with van der Waals surface area (Å²) in [6, 6.07) is 6.49. The number of rotatable bonds is 6. The minimum absolute atomic E-state index is 0.0669. The third-order valence-electron chi connectivity index (χ3n) is 4.06. The molecule has 1 heterocycles. The molecule has 1 aliphatic heterocycles. The van der Waals surface area contributed by atoms with Crippen molar-refractivity contribution in [3.63, 3.8) is 0 Å². The Hall–Kier alpha value is -2.51. The van der Waals surface area contributed by atoms with Crippen LogP contribution in [0.5, 0.6) is 5.75 Å². The first-order valence-corrected chi connectivity index (χ1v) is 9.29. The SMILES string of the molecule is N#Cc1c(NS(N)(=O)=O)cccc1OCCC1CCN(C(=O)O)CC1. The number of anilines is 1. The number of amides is 1. The lowest BCUT2D eigenvalue weighted by Gasteiger charge is -2.29. The van der Waals surface area contributed by atoms with E-state index in [0.29, 0.717) is 25.6 Å². The van der Waals surface area contributed by atoms with Crippen LogP contribution in [0.3, 0.4) is 0 Å². The van der Waals surface area contributed by atoms with Crippen LogP contribution in [0.2, 0.25) is 0 Å². The van der Waals surface area contributed by atoms with Crippen LogP contribution in [-0.4, -0.2) is 44.2 Å². The van der Waals surface area contributed by atoms with Crippen LogP contribution in [0, 0.1) is 17.2 Å². The van der Waals surface area contributed by atoms with Gasteiger partial charge in [0.15, 0.2) is 0 Å². The maximum absolute atomic E-state index is 11.1. The molecule has 136 valence electrons. The number of piperidine rings is 1. The predicted molar refractivity (Wildman–Crippen MR) is 90.3 cm³/mol. The first kappa shape index (κ1) is 18.8. The number of nitrogens with one attached hydrogen (secondary N) is 1. The van der Waals surface area contributed by atoms with E-state index in [4.69, 9.17) is 15.0 Å². The van der Waals surface area contributed by atoms with Crippen LogP contribution in [0.1, 0.15) is 24.8 Å². The van der Waals surface area contributed by atoms with Crippen molar-refractivity contribution < 1.29 is 23.1 Å². The van der Waals surface area contributed by atoms with Gasteiger partial charge in [0.1, 0.15) is 17.4 Å². The van der Waals surface area contributed by atoms with E-state index < -0.39 is 16.3 Å². The van der Waals surface area contributed by atoms with Gasteiger partial charge in [-0.05, 0) is 37.3 Å². The van der Waals surface area contributed by atoms with Gasteiger partial charge in [0.2, 0.25) is 0 Å². The molecule has 9 nitrogen and oxygen atoms in total. The molecule has 1 saturated heterocycles. The normalized spacial score (nSPS) is 15.4. The van der Waals surface area contributed by atoms with Crippen molar-refractivity contribution in [1.82, 2.24) is 4.90 Å². The van der Waals surface area contributed by atoms with Gasteiger partial charge in [0.05, 0.1) is 12.3 Å². The van der Waals surface area contributed by atoms with Gasteiger partial charge < -0.3 is 14.7 Å². The number of nitrogens with zero attached hydrogens (tertiary/aromatic N) is 2. The molecule has 0 bridgehead atoms. The van der Waals surface area contributed by atoms with Crippen LogP contribution in [-0.2, 0) is 10.2 Å². The Bertz CT molecular complexity index is 767. The molecule has 4 N–H and O–H groups in total. The summed E-state index contributed by atoms with van der Waals surface area (Å²) in [5.74, 6) is 0.631. The van der Waals surface area contributed by atoms with E-state index in [-0.39, 0.29) is 17.0 Å². The summed E-state index contributed by atoms with van der Waals surface area (Å²) in [6.07, 6.45) is 1.37. The zero-order chi connectivity index (χ0) is 18.4. The fourth-order valence-electron chi connectivity index (χ4n) is 2.75. The lowest BCUT2D eigenvalue weighted by Crippen LogP contribution is -2.37. The summed E-state index contributed by atoms with van der Waals surface area (Å²) in [5, 5.41) is 23.1. The second kappa shape index (κ2) is 8.04. The zero-order valence-electron chi connectivity index (χ0n) is 13.5.